The molecule has 1 fully saturated rings. The zero-order valence-corrected chi connectivity index (χ0v) is 15.2. The van der Waals surface area contributed by atoms with E-state index in [2.05, 4.69) is 19.2 Å². The number of nitrogens with one attached hydrogen (secondary N) is 2. The van der Waals surface area contributed by atoms with Crippen LogP contribution in [0, 0.1) is 0 Å². The molecular formula is C18H27N5O2+2. The normalized spacial score (nSPS) is 15.9. The Labute approximate surface area is 147 Å². The van der Waals surface area contributed by atoms with Gasteiger partial charge in [-0.1, -0.05) is 18.2 Å². The minimum absolute atomic E-state index is 0.0796. The number of piperazine rings is 1. The second-order valence-electron chi connectivity index (χ2n) is 7.07. The van der Waals surface area contributed by atoms with Crippen molar-refractivity contribution >= 4 is 16.7 Å². The predicted molar refractivity (Wildman–Crippen MR) is 96.1 cm³/mol. The number of aryl methyl sites for hydroxylation is 1. The lowest BCUT2D eigenvalue weighted by Crippen LogP contribution is -3.19. The summed E-state index contributed by atoms with van der Waals surface area (Å²) in [5, 5.41) is 5.44. The molecule has 25 heavy (non-hydrogen) atoms. The molecule has 2 heterocycles. The smallest absolute Gasteiger partial charge is 0.275 e. The van der Waals surface area contributed by atoms with Gasteiger partial charge in [0.15, 0.2) is 5.69 Å². The maximum atomic E-state index is 13.0. The van der Waals surface area contributed by atoms with Crippen LogP contribution in [0.25, 0.3) is 10.8 Å². The van der Waals surface area contributed by atoms with Gasteiger partial charge in [-0.05, 0) is 6.07 Å². The van der Waals surface area contributed by atoms with Crippen LogP contribution in [0.2, 0.25) is 0 Å². The molecule has 3 rings (SSSR count). The van der Waals surface area contributed by atoms with Crippen LogP contribution in [0.4, 0.5) is 0 Å². The highest BCUT2D eigenvalue weighted by Crippen LogP contribution is 2.15. The molecule has 0 spiro atoms. The molecule has 0 aliphatic carbocycles. The molecule has 0 atom stereocenters. The van der Waals surface area contributed by atoms with Gasteiger partial charge in [0.2, 0.25) is 0 Å². The van der Waals surface area contributed by atoms with Crippen molar-refractivity contribution in [2.24, 2.45) is 7.05 Å². The molecule has 1 aromatic carbocycles. The number of carbonyl (C=O) groups is 1. The standard InChI is InChI=1S/C18H25N5O2/c1-20(2)8-9-22-10-12-23(13-11-22)18(25)16-14-6-4-5-7-15(14)17(24)21(3)19-16/h4-7H,8-13H2,1-3H3/p+2. The van der Waals surface area contributed by atoms with Crippen molar-refractivity contribution in [1.82, 2.24) is 14.7 Å². The fourth-order valence-corrected chi connectivity index (χ4v) is 3.31. The molecule has 134 valence electrons. The molecular weight excluding hydrogens is 318 g/mol. The van der Waals surface area contributed by atoms with Gasteiger partial charge in [-0.2, -0.15) is 5.10 Å². The van der Waals surface area contributed by atoms with E-state index in [4.69, 9.17) is 0 Å². The summed E-state index contributed by atoms with van der Waals surface area (Å²) in [6.45, 7) is 5.65. The first-order chi connectivity index (χ1) is 12.0. The third-order valence-electron chi connectivity index (χ3n) is 4.90. The molecule has 0 unspecified atom stereocenters. The summed E-state index contributed by atoms with van der Waals surface area (Å²) in [6.07, 6.45) is 0. The Morgan fingerprint density at radius 2 is 1.84 bits per heavy atom. The monoisotopic (exact) mass is 345 g/mol. The summed E-state index contributed by atoms with van der Waals surface area (Å²) in [4.78, 5) is 30.1. The summed E-state index contributed by atoms with van der Waals surface area (Å²) < 4.78 is 1.26. The van der Waals surface area contributed by atoms with Crippen LogP contribution in [0.5, 0.6) is 0 Å². The maximum absolute atomic E-state index is 13.0. The Morgan fingerprint density at radius 3 is 2.48 bits per heavy atom. The highest BCUT2D eigenvalue weighted by molar-refractivity contribution is 6.04. The lowest BCUT2D eigenvalue weighted by molar-refractivity contribution is -0.943. The number of likely N-dealkylation sites (N-methyl/N-ethyl adjacent to an activating group) is 1. The lowest BCUT2D eigenvalue weighted by Gasteiger charge is -2.32. The largest absolute Gasteiger partial charge is 0.335 e. The van der Waals surface area contributed by atoms with Crippen molar-refractivity contribution in [2.75, 3.05) is 53.4 Å². The number of amides is 1. The van der Waals surface area contributed by atoms with Gasteiger partial charge in [-0.3, -0.25) is 9.59 Å². The molecule has 0 radical (unpaired) electrons. The molecule has 7 nitrogen and oxygen atoms in total. The molecule has 7 heteroatoms. The van der Waals surface area contributed by atoms with E-state index >= 15 is 0 Å². The quantitative estimate of drug-likeness (QED) is 0.640. The van der Waals surface area contributed by atoms with Crippen molar-refractivity contribution in [2.45, 2.75) is 0 Å². The van der Waals surface area contributed by atoms with Crippen LogP contribution < -0.4 is 15.4 Å². The van der Waals surface area contributed by atoms with Crippen LogP contribution >= 0.6 is 0 Å². The lowest BCUT2D eigenvalue weighted by atomic mass is 10.1. The number of hydrogen-bond donors (Lipinski definition) is 2. The van der Waals surface area contributed by atoms with Crippen LogP contribution in [0.15, 0.2) is 29.1 Å². The van der Waals surface area contributed by atoms with Crippen molar-refractivity contribution < 1.29 is 14.6 Å². The Balaban J connectivity index is 1.78. The van der Waals surface area contributed by atoms with E-state index in [9.17, 15) is 9.59 Å². The van der Waals surface area contributed by atoms with E-state index in [0.717, 1.165) is 39.3 Å². The summed E-state index contributed by atoms with van der Waals surface area (Å²) >= 11 is 0. The first-order valence-corrected chi connectivity index (χ1v) is 8.85. The number of nitrogens with zero attached hydrogens (tertiary/aromatic N) is 3. The van der Waals surface area contributed by atoms with Gasteiger partial charge in [0.25, 0.3) is 11.5 Å². The molecule has 1 aliphatic heterocycles. The van der Waals surface area contributed by atoms with Gasteiger partial charge >= 0.3 is 0 Å². The number of benzene rings is 1. The van der Waals surface area contributed by atoms with Crippen LogP contribution in [0.1, 0.15) is 10.5 Å². The number of carbonyl (C=O) groups excluding carboxylic acids is 1. The number of aromatic nitrogens is 2. The predicted octanol–water partition coefficient (Wildman–Crippen LogP) is -2.58. The Kier molecular flexibility index (Phi) is 5.15. The molecule has 2 aromatic rings. The van der Waals surface area contributed by atoms with Gasteiger partial charge in [-0.25, -0.2) is 4.68 Å². The third-order valence-corrected chi connectivity index (χ3v) is 4.90. The van der Waals surface area contributed by atoms with E-state index in [1.54, 1.807) is 24.1 Å². The summed E-state index contributed by atoms with van der Waals surface area (Å²) in [5.74, 6) is -0.0796. The highest BCUT2D eigenvalue weighted by Gasteiger charge is 2.27. The van der Waals surface area contributed by atoms with E-state index in [-0.39, 0.29) is 11.5 Å². The first kappa shape index (κ1) is 17.6. The molecule has 0 saturated carbocycles. The van der Waals surface area contributed by atoms with E-state index in [1.807, 2.05) is 17.0 Å². The highest BCUT2D eigenvalue weighted by atomic mass is 16.2. The fourth-order valence-electron chi connectivity index (χ4n) is 3.31. The van der Waals surface area contributed by atoms with Crippen molar-refractivity contribution in [3.8, 4) is 0 Å². The van der Waals surface area contributed by atoms with E-state index in [1.165, 1.54) is 9.58 Å². The minimum atomic E-state index is -0.174. The van der Waals surface area contributed by atoms with Gasteiger partial charge in [0, 0.05) is 12.4 Å². The van der Waals surface area contributed by atoms with Crippen molar-refractivity contribution in [1.29, 1.82) is 0 Å². The zero-order chi connectivity index (χ0) is 18.0. The minimum Gasteiger partial charge on any atom is -0.335 e. The topological polar surface area (TPSA) is 64.1 Å². The van der Waals surface area contributed by atoms with E-state index < -0.39 is 0 Å². The van der Waals surface area contributed by atoms with Gasteiger partial charge < -0.3 is 14.7 Å². The second-order valence-corrected chi connectivity index (χ2v) is 7.07. The molecule has 1 amide bonds. The van der Waals surface area contributed by atoms with Gasteiger partial charge in [0.05, 0.1) is 45.7 Å². The first-order valence-electron chi connectivity index (χ1n) is 8.85. The number of fused-ring (bicyclic) bond motifs is 1. The zero-order valence-electron chi connectivity index (χ0n) is 15.2. The van der Waals surface area contributed by atoms with Crippen LogP contribution in [-0.2, 0) is 7.05 Å². The third kappa shape index (κ3) is 3.72. The fraction of sp³-hybridized carbons (Fsp3) is 0.500. The summed E-state index contributed by atoms with van der Waals surface area (Å²) in [7, 11) is 5.92. The molecule has 2 N–H and O–H groups in total. The van der Waals surface area contributed by atoms with Crippen LogP contribution in [0.3, 0.4) is 0 Å². The summed E-state index contributed by atoms with van der Waals surface area (Å²) in [6, 6.07) is 7.21. The number of hydrogen-bond acceptors (Lipinski definition) is 3. The maximum Gasteiger partial charge on any atom is 0.275 e. The number of quaternary nitrogens is 2. The van der Waals surface area contributed by atoms with E-state index in [0.29, 0.717) is 16.5 Å². The Morgan fingerprint density at radius 1 is 1.20 bits per heavy atom. The second kappa shape index (κ2) is 7.33. The van der Waals surface area contributed by atoms with Gasteiger partial charge in [-0.15, -0.1) is 0 Å². The SMILES string of the molecule is Cn1nc(C(=O)N2CC[NH+](CC[NH+](C)C)CC2)c2ccccc2c1=O. The number of rotatable bonds is 4. The van der Waals surface area contributed by atoms with Crippen molar-refractivity contribution in [3.63, 3.8) is 0 Å². The average molecular weight is 345 g/mol. The van der Waals surface area contributed by atoms with Crippen molar-refractivity contribution in [3.05, 3.63) is 40.3 Å². The Bertz CT molecular complexity index is 822. The molecule has 1 aliphatic rings. The Hall–Kier alpha value is -2.25. The molecule has 0 bridgehead atoms. The van der Waals surface area contributed by atoms with Crippen LogP contribution in [-0.4, -0.2) is 74.0 Å². The summed E-state index contributed by atoms with van der Waals surface area (Å²) in [5.41, 5.74) is 0.200. The van der Waals surface area contributed by atoms with Gasteiger partial charge in [0.1, 0.15) is 13.1 Å². The average Bonchev–Trinajstić information content (AvgIpc) is 2.63. The molecule has 1 aromatic heterocycles. The molecule has 1 saturated heterocycles.